The van der Waals surface area contributed by atoms with Gasteiger partial charge in [-0.05, 0) is 53.8 Å². The average molecular weight is 368 g/mol. The molecule has 3 rings (SSSR count). The summed E-state index contributed by atoms with van der Waals surface area (Å²) in [5, 5.41) is 7.82. The monoisotopic (exact) mass is 368 g/mol. The third-order valence-corrected chi connectivity index (χ3v) is 4.91. The van der Waals surface area contributed by atoms with Gasteiger partial charge in [-0.3, -0.25) is 9.59 Å². The number of anilines is 1. The van der Waals surface area contributed by atoms with Gasteiger partial charge in [0.15, 0.2) is 5.76 Å². The molecule has 3 aromatic rings. The van der Waals surface area contributed by atoms with Crippen LogP contribution in [-0.4, -0.2) is 11.8 Å². The van der Waals surface area contributed by atoms with Crippen LogP contribution in [0, 0.1) is 5.92 Å². The van der Waals surface area contributed by atoms with Crippen LogP contribution < -0.4 is 10.6 Å². The van der Waals surface area contributed by atoms with Gasteiger partial charge in [0.1, 0.15) is 0 Å². The van der Waals surface area contributed by atoms with Crippen molar-refractivity contribution in [2.24, 2.45) is 5.92 Å². The highest BCUT2D eigenvalue weighted by molar-refractivity contribution is 7.10. The Morgan fingerprint density at radius 2 is 1.77 bits per heavy atom. The first kappa shape index (κ1) is 17.9. The standard InChI is InChI=1S/C20H20N2O3S/c1-13(2)18(17-6-4-12-26-17)22-19(23)14-7-9-15(10-8-14)21-20(24)16-5-3-11-25-16/h3-13,18H,1-2H3,(H,21,24)(H,22,23)/t18-/m0/s1. The largest absolute Gasteiger partial charge is 0.459 e. The molecule has 0 fully saturated rings. The first-order valence-electron chi connectivity index (χ1n) is 8.34. The van der Waals surface area contributed by atoms with Crippen LogP contribution in [0.1, 0.15) is 45.7 Å². The number of carbonyl (C=O) groups is 2. The highest BCUT2D eigenvalue weighted by Crippen LogP contribution is 2.26. The van der Waals surface area contributed by atoms with Crippen LogP contribution in [0.5, 0.6) is 0 Å². The van der Waals surface area contributed by atoms with Gasteiger partial charge in [0.2, 0.25) is 0 Å². The lowest BCUT2D eigenvalue weighted by molar-refractivity contribution is 0.0926. The number of nitrogens with one attached hydrogen (secondary N) is 2. The lowest BCUT2D eigenvalue weighted by atomic mass is 10.0. The first-order valence-corrected chi connectivity index (χ1v) is 9.21. The number of hydrogen-bond acceptors (Lipinski definition) is 4. The summed E-state index contributed by atoms with van der Waals surface area (Å²) < 4.78 is 5.06. The normalized spacial score (nSPS) is 12.0. The lowest BCUT2D eigenvalue weighted by Gasteiger charge is -2.21. The van der Waals surface area contributed by atoms with E-state index in [9.17, 15) is 9.59 Å². The highest BCUT2D eigenvalue weighted by atomic mass is 32.1. The molecule has 134 valence electrons. The number of thiophene rings is 1. The fraction of sp³-hybridized carbons (Fsp3) is 0.200. The molecule has 1 aromatic carbocycles. The Hall–Kier alpha value is -2.86. The van der Waals surface area contributed by atoms with Gasteiger partial charge in [-0.25, -0.2) is 0 Å². The second-order valence-electron chi connectivity index (χ2n) is 6.22. The molecular formula is C20H20N2O3S. The van der Waals surface area contributed by atoms with Crippen molar-refractivity contribution in [3.8, 4) is 0 Å². The minimum atomic E-state index is -0.329. The quantitative estimate of drug-likeness (QED) is 0.661. The zero-order valence-corrected chi connectivity index (χ0v) is 15.4. The van der Waals surface area contributed by atoms with E-state index in [1.54, 1.807) is 47.7 Å². The smallest absolute Gasteiger partial charge is 0.291 e. The Kier molecular flexibility index (Phi) is 5.53. The van der Waals surface area contributed by atoms with E-state index in [4.69, 9.17) is 4.42 Å². The van der Waals surface area contributed by atoms with Gasteiger partial charge in [0.25, 0.3) is 11.8 Å². The summed E-state index contributed by atoms with van der Waals surface area (Å²) in [6.45, 7) is 4.16. The van der Waals surface area contributed by atoms with Crippen LogP contribution in [0.3, 0.4) is 0 Å². The van der Waals surface area contributed by atoms with E-state index in [0.29, 0.717) is 11.3 Å². The Bertz CT molecular complexity index is 853. The second kappa shape index (κ2) is 8.01. The van der Waals surface area contributed by atoms with Gasteiger partial charge in [-0.1, -0.05) is 19.9 Å². The number of amides is 2. The number of rotatable bonds is 6. The third-order valence-electron chi connectivity index (χ3n) is 3.95. The van der Waals surface area contributed by atoms with Crippen molar-refractivity contribution >= 4 is 28.8 Å². The molecule has 5 nitrogen and oxygen atoms in total. The zero-order valence-electron chi connectivity index (χ0n) is 14.6. The highest BCUT2D eigenvalue weighted by Gasteiger charge is 2.20. The molecular weight excluding hydrogens is 348 g/mol. The Morgan fingerprint density at radius 1 is 1.00 bits per heavy atom. The van der Waals surface area contributed by atoms with Crippen molar-refractivity contribution in [1.82, 2.24) is 5.32 Å². The number of hydrogen-bond donors (Lipinski definition) is 2. The zero-order chi connectivity index (χ0) is 18.5. The summed E-state index contributed by atoms with van der Waals surface area (Å²) in [5.41, 5.74) is 1.14. The van der Waals surface area contributed by atoms with Crippen molar-refractivity contribution in [2.45, 2.75) is 19.9 Å². The molecule has 1 atom stereocenters. The first-order chi connectivity index (χ1) is 12.5. The third kappa shape index (κ3) is 4.21. The van der Waals surface area contributed by atoms with E-state index in [2.05, 4.69) is 24.5 Å². The molecule has 26 heavy (non-hydrogen) atoms. The minimum absolute atomic E-state index is 0.0270. The predicted octanol–water partition coefficient (Wildman–Crippen LogP) is 4.72. The number of carbonyl (C=O) groups excluding carboxylic acids is 2. The van der Waals surface area contributed by atoms with Crippen molar-refractivity contribution in [2.75, 3.05) is 5.32 Å². The fourth-order valence-corrected chi connectivity index (χ4v) is 3.51. The molecule has 6 heteroatoms. The van der Waals surface area contributed by atoms with Gasteiger partial charge < -0.3 is 15.1 Å². The molecule has 0 saturated carbocycles. The van der Waals surface area contributed by atoms with Crippen LogP contribution in [0.4, 0.5) is 5.69 Å². The summed E-state index contributed by atoms with van der Waals surface area (Å²) in [6, 6.07) is 14.0. The van der Waals surface area contributed by atoms with Gasteiger partial charge in [0, 0.05) is 16.1 Å². The van der Waals surface area contributed by atoms with Gasteiger partial charge in [-0.2, -0.15) is 0 Å². The Labute approximate surface area is 156 Å². The maximum absolute atomic E-state index is 12.6. The molecule has 0 unspecified atom stereocenters. The predicted molar refractivity (Wildman–Crippen MR) is 102 cm³/mol. The molecule has 2 aromatic heterocycles. The molecule has 2 heterocycles. The SMILES string of the molecule is CC(C)[C@H](NC(=O)c1ccc(NC(=O)c2ccco2)cc1)c1cccs1. The second-order valence-corrected chi connectivity index (χ2v) is 7.20. The maximum atomic E-state index is 12.6. The van der Waals surface area contributed by atoms with E-state index in [1.165, 1.54) is 6.26 Å². The Balaban J connectivity index is 1.66. The van der Waals surface area contributed by atoms with Crippen LogP contribution in [0.15, 0.2) is 64.6 Å². The van der Waals surface area contributed by atoms with Gasteiger partial charge in [0.05, 0.1) is 12.3 Å². The molecule has 2 amide bonds. The fourth-order valence-electron chi connectivity index (χ4n) is 2.56. The van der Waals surface area contributed by atoms with E-state index in [0.717, 1.165) is 4.88 Å². The van der Waals surface area contributed by atoms with E-state index in [-0.39, 0.29) is 29.5 Å². The lowest BCUT2D eigenvalue weighted by Crippen LogP contribution is -2.31. The summed E-state index contributed by atoms with van der Waals surface area (Å²) in [7, 11) is 0. The van der Waals surface area contributed by atoms with E-state index < -0.39 is 0 Å². The van der Waals surface area contributed by atoms with Crippen molar-refractivity contribution in [1.29, 1.82) is 0 Å². The van der Waals surface area contributed by atoms with Crippen LogP contribution >= 0.6 is 11.3 Å². The van der Waals surface area contributed by atoms with E-state index >= 15 is 0 Å². The number of benzene rings is 1. The Morgan fingerprint density at radius 3 is 2.35 bits per heavy atom. The molecule has 0 aliphatic heterocycles. The van der Waals surface area contributed by atoms with Gasteiger partial charge in [-0.15, -0.1) is 11.3 Å². The number of furan rings is 1. The van der Waals surface area contributed by atoms with Crippen molar-refractivity contribution < 1.29 is 14.0 Å². The molecule has 0 saturated heterocycles. The molecule has 0 spiro atoms. The molecule has 0 bridgehead atoms. The summed E-state index contributed by atoms with van der Waals surface area (Å²) in [4.78, 5) is 25.7. The van der Waals surface area contributed by atoms with Crippen molar-refractivity contribution in [3.05, 3.63) is 76.4 Å². The van der Waals surface area contributed by atoms with Crippen LogP contribution in [-0.2, 0) is 0 Å². The maximum Gasteiger partial charge on any atom is 0.291 e. The van der Waals surface area contributed by atoms with E-state index in [1.807, 2.05) is 17.5 Å². The molecule has 0 aliphatic carbocycles. The minimum Gasteiger partial charge on any atom is -0.459 e. The summed E-state index contributed by atoms with van der Waals surface area (Å²) >= 11 is 1.63. The van der Waals surface area contributed by atoms with Gasteiger partial charge >= 0.3 is 0 Å². The average Bonchev–Trinajstić information content (AvgIpc) is 3.33. The topological polar surface area (TPSA) is 71.3 Å². The summed E-state index contributed by atoms with van der Waals surface area (Å²) in [6.07, 6.45) is 1.45. The van der Waals surface area contributed by atoms with Crippen LogP contribution in [0.2, 0.25) is 0 Å². The molecule has 0 radical (unpaired) electrons. The van der Waals surface area contributed by atoms with Crippen molar-refractivity contribution in [3.63, 3.8) is 0 Å². The van der Waals surface area contributed by atoms with Crippen LogP contribution in [0.25, 0.3) is 0 Å². The summed E-state index contributed by atoms with van der Waals surface area (Å²) in [5.74, 6) is 0.0535. The molecule has 0 aliphatic rings. The molecule has 2 N–H and O–H groups in total.